The van der Waals surface area contributed by atoms with Crippen LogP contribution in [0.2, 0.25) is 0 Å². The van der Waals surface area contributed by atoms with E-state index in [4.69, 9.17) is 0 Å². The molecule has 0 atom stereocenters. The lowest BCUT2D eigenvalue weighted by atomic mass is 10.7. The van der Waals surface area contributed by atoms with Crippen LogP contribution in [0.25, 0.3) is 0 Å². The number of hydrogen-bond donors (Lipinski definition) is 0. The molecule has 0 saturated carbocycles. The maximum atomic E-state index is 10.3. The van der Waals surface area contributed by atoms with Crippen LogP contribution in [0.1, 0.15) is 0 Å². The number of amides is 1. The Morgan fingerprint density at radius 1 is 1.75 bits per heavy atom. The molecule has 0 aliphatic carbocycles. The number of methoxy groups -OCH3 is 1. The van der Waals surface area contributed by atoms with Crippen molar-refractivity contribution in [2.24, 2.45) is 10.2 Å². The van der Waals surface area contributed by atoms with Gasteiger partial charge in [-0.05, 0) is 0 Å². The number of rotatable bonds is 2. The molecule has 0 fully saturated rings. The maximum absolute atomic E-state index is 10.3. The summed E-state index contributed by atoms with van der Waals surface area (Å²) in [4.78, 5) is 10.3. The van der Waals surface area contributed by atoms with Crippen molar-refractivity contribution >= 4 is 5.91 Å². The quantitative estimate of drug-likeness (QED) is 0.485. The second kappa shape index (κ2) is 4.39. The van der Waals surface area contributed by atoms with Gasteiger partial charge in [-0.25, -0.2) is 0 Å². The zero-order chi connectivity index (χ0) is 6.41. The molecule has 46 valence electrons. The van der Waals surface area contributed by atoms with E-state index in [9.17, 15) is 4.79 Å². The molecule has 0 aromatic carbocycles. The van der Waals surface area contributed by atoms with Gasteiger partial charge in [-0.15, -0.1) is 5.11 Å². The average molecular weight is 116 g/mol. The van der Waals surface area contributed by atoms with E-state index in [0.29, 0.717) is 0 Å². The predicted octanol–water partition coefficient (Wildman–Crippen LogP) is 0.241. The Labute approximate surface area is 47.6 Å². The molecular weight excluding hydrogens is 108 g/mol. The first-order valence-electron chi connectivity index (χ1n) is 2.13. The van der Waals surface area contributed by atoms with Crippen LogP contribution < -0.4 is 0 Å². The second-order valence-corrected chi connectivity index (χ2v) is 1.13. The first-order valence-corrected chi connectivity index (χ1v) is 2.13. The molecule has 0 unspecified atom stereocenters. The van der Waals surface area contributed by atoms with Crippen LogP contribution in [-0.4, -0.2) is 26.7 Å². The minimum Gasteiger partial charge on any atom is -0.375 e. The Kier molecular flexibility index (Phi) is 3.97. The number of nitrogens with zero attached hydrogens (tertiary/aromatic N) is 2. The van der Waals surface area contributed by atoms with Crippen LogP contribution in [0.4, 0.5) is 0 Å². The highest BCUT2D eigenvalue weighted by Gasteiger charge is 1.92. The van der Waals surface area contributed by atoms with Crippen LogP contribution in [0.3, 0.4) is 0 Å². The van der Waals surface area contributed by atoms with Gasteiger partial charge in [0.1, 0.15) is 6.61 Å². The SMILES string of the molecule is CN=NC(=O)COC. The zero-order valence-corrected chi connectivity index (χ0v) is 4.92. The van der Waals surface area contributed by atoms with Gasteiger partial charge in [-0.2, -0.15) is 5.11 Å². The third kappa shape index (κ3) is 3.42. The first kappa shape index (κ1) is 7.23. The number of hydrogen-bond acceptors (Lipinski definition) is 3. The molecule has 0 rings (SSSR count). The summed E-state index contributed by atoms with van der Waals surface area (Å²) in [6.07, 6.45) is 0. The molecule has 0 aromatic heterocycles. The first-order chi connectivity index (χ1) is 3.81. The van der Waals surface area contributed by atoms with Crippen molar-refractivity contribution in [2.75, 3.05) is 20.8 Å². The molecule has 8 heavy (non-hydrogen) atoms. The Morgan fingerprint density at radius 3 is 2.75 bits per heavy atom. The highest BCUT2D eigenvalue weighted by Crippen LogP contribution is 1.75. The molecule has 0 aliphatic rings. The Hall–Kier alpha value is -0.770. The average Bonchev–Trinajstić information content (AvgIpc) is 1.68. The second-order valence-electron chi connectivity index (χ2n) is 1.13. The molecular formula is C4H8N2O2. The van der Waals surface area contributed by atoms with Crippen LogP contribution >= 0.6 is 0 Å². The van der Waals surface area contributed by atoms with Crippen molar-refractivity contribution in [3.05, 3.63) is 0 Å². The minimum absolute atomic E-state index is 0.0112. The summed E-state index contributed by atoms with van der Waals surface area (Å²) in [7, 11) is 2.87. The van der Waals surface area contributed by atoms with Crippen molar-refractivity contribution in [1.82, 2.24) is 0 Å². The fourth-order valence-corrected chi connectivity index (χ4v) is 0.264. The van der Waals surface area contributed by atoms with E-state index in [-0.39, 0.29) is 12.5 Å². The van der Waals surface area contributed by atoms with E-state index in [1.165, 1.54) is 14.2 Å². The fourth-order valence-electron chi connectivity index (χ4n) is 0.264. The van der Waals surface area contributed by atoms with Gasteiger partial charge in [-0.1, -0.05) is 0 Å². The van der Waals surface area contributed by atoms with Gasteiger partial charge in [-0.3, -0.25) is 4.79 Å². The van der Waals surface area contributed by atoms with Crippen molar-refractivity contribution < 1.29 is 9.53 Å². The number of carbonyl (C=O) groups is 1. The molecule has 4 nitrogen and oxygen atoms in total. The lowest BCUT2D eigenvalue weighted by Crippen LogP contribution is -2.00. The molecule has 0 spiro atoms. The van der Waals surface area contributed by atoms with Crippen LogP contribution in [0, 0.1) is 0 Å². The molecule has 0 bridgehead atoms. The minimum atomic E-state index is -0.352. The number of ether oxygens (including phenoxy) is 1. The summed E-state index contributed by atoms with van der Waals surface area (Å²) >= 11 is 0. The topological polar surface area (TPSA) is 51.0 Å². The predicted molar refractivity (Wildman–Crippen MR) is 27.7 cm³/mol. The highest BCUT2D eigenvalue weighted by molar-refractivity contribution is 5.77. The molecule has 0 aromatic rings. The zero-order valence-electron chi connectivity index (χ0n) is 4.92. The monoisotopic (exact) mass is 116 g/mol. The summed E-state index contributed by atoms with van der Waals surface area (Å²) < 4.78 is 4.45. The molecule has 0 heterocycles. The van der Waals surface area contributed by atoms with E-state index in [1.54, 1.807) is 0 Å². The third-order valence-corrected chi connectivity index (χ3v) is 0.479. The normalized spacial score (nSPS) is 10.2. The Bertz CT molecular complexity index is 100. The van der Waals surface area contributed by atoms with Crippen molar-refractivity contribution in [1.29, 1.82) is 0 Å². The summed E-state index contributed by atoms with van der Waals surface area (Å²) in [6.45, 7) is 0.0112. The largest absolute Gasteiger partial charge is 0.375 e. The summed E-state index contributed by atoms with van der Waals surface area (Å²) in [5.74, 6) is -0.352. The van der Waals surface area contributed by atoms with Gasteiger partial charge in [0.25, 0.3) is 5.91 Å². The number of carbonyl (C=O) groups excluding carboxylic acids is 1. The van der Waals surface area contributed by atoms with E-state index in [1.807, 2.05) is 0 Å². The van der Waals surface area contributed by atoms with E-state index in [0.717, 1.165) is 0 Å². The van der Waals surface area contributed by atoms with Gasteiger partial charge < -0.3 is 4.74 Å². The molecule has 1 amide bonds. The number of azo groups is 1. The summed E-state index contributed by atoms with van der Waals surface area (Å²) in [5.41, 5.74) is 0. The summed E-state index contributed by atoms with van der Waals surface area (Å²) in [5, 5.41) is 6.43. The van der Waals surface area contributed by atoms with Gasteiger partial charge >= 0.3 is 0 Å². The molecule has 0 N–H and O–H groups in total. The summed E-state index contributed by atoms with van der Waals surface area (Å²) in [6, 6.07) is 0. The maximum Gasteiger partial charge on any atom is 0.289 e. The molecule has 0 aliphatic heterocycles. The van der Waals surface area contributed by atoms with Crippen molar-refractivity contribution in [2.45, 2.75) is 0 Å². The lowest BCUT2D eigenvalue weighted by Gasteiger charge is -1.86. The van der Waals surface area contributed by atoms with E-state index in [2.05, 4.69) is 15.0 Å². The third-order valence-electron chi connectivity index (χ3n) is 0.479. The molecule has 0 radical (unpaired) electrons. The Morgan fingerprint density at radius 2 is 2.38 bits per heavy atom. The fraction of sp³-hybridized carbons (Fsp3) is 0.750. The van der Waals surface area contributed by atoms with Gasteiger partial charge in [0.2, 0.25) is 0 Å². The lowest BCUT2D eigenvalue weighted by molar-refractivity contribution is -0.121. The van der Waals surface area contributed by atoms with Gasteiger partial charge in [0, 0.05) is 14.2 Å². The van der Waals surface area contributed by atoms with Crippen molar-refractivity contribution in [3.63, 3.8) is 0 Å². The van der Waals surface area contributed by atoms with Crippen molar-refractivity contribution in [3.8, 4) is 0 Å². The van der Waals surface area contributed by atoms with E-state index >= 15 is 0 Å². The van der Waals surface area contributed by atoms with Gasteiger partial charge in [0.05, 0.1) is 0 Å². The smallest absolute Gasteiger partial charge is 0.289 e. The van der Waals surface area contributed by atoms with Crippen LogP contribution in [0.5, 0.6) is 0 Å². The van der Waals surface area contributed by atoms with Crippen LogP contribution in [0.15, 0.2) is 10.2 Å². The van der Waals surface area contributed by atoms with Crippen LogP contribution in [-0.2, 0) is 9.53 Å². The molecule has 0 saturated heterocycles. The highest BCUT2D eigenvalue weighted by atomic mass is 16.5. The van der Waals surface area contributed by atoms with Gasteiger partial charge in [0.15, 0.2) is 0 Å². The molecule has 4 heteroatoms. The standard InChI is InChI=1S/C4H8N2O2/c1-5-6-4(7)3-8-2/h3H2,1-2H3. The van der Waals surface area contributed by atoms with E-state index < -0.39 is 0 Å². The Balaban J connectivity index is 3.33.